The highest BCUT2D eigenvalue weighted by Crippen LogP contribution is 2.36. The molecule has 1 saturated carbocycles. The van der Waals surface area contributed by atoms with Gasteiger partial charge in [0, 0.05) is 10.9 Å². The molecule has 0 saturated heterocycles. The number of carbonyl (C=O) groups is 1. The molecule has 0 bridgehead atoms. The number of rotatable bonds is 4. The lowest BCUT2D eigenvalue weighted by atomic mass is 10.1. The molecule has 3 nitrogen and oxygen atoms in total. The van der Waals surface area contributed by atoms with Crippen LogP contribution >= 0.6 is 22.9 Å². The van der Waals surface area contributed by atoms with Crippen LogP contribution in [-0.2, 0) is 11.3 Å². The molecule has 0 unspecified atom stereocenters. The number of thiazole rings is 1. The lowest BCUT2D eigenvalue weighted by molar-refractivity contribution is -0.122. The van der Waals surface area contributed by atoms with Crippen LogP contribution < -0.4 is 4.90 Å². The van der Waals surface area contributed by atoms with Crippen molar-refractivity contribution in [3.63, 3.8) is 0 Å². The Bertz CT molecular complexity index is 932. The van der Waals surface area contributed by atoms with Gasteiger partial charge >= 0.3 is 0 Å². The summed E-state index contributed by atoms with van der Waals surface area (Å²) in [5.74, 6) is 0.324. The van der Waals surface area contributed by atoms with E-state index in [-0.39, 0.29) is 11.8 Å². The quantitative estimate of drug-likeness (QED) is 0.554. The zero-order valence-corrected chi connectivity index (χ0v) is 16.3. The molecule has 1 fully saturated rings. The molecule has 0 aliphatic heterocycles. The van der Waals surface area contributed by atoms with Crippen molar-refractivity contribution in [2.45, 2.75) is 39.2 Å². The first kappa shape index (κ1) is 17.5. The summed E-state index contributed by atoms with van der Waals surface area (Å²) in [6, 6.07) is 14.0. The van der Waals surface area contributed by atoms with Crippen molar-refractivity contribution in [3.05, 3.63) is 58.6 Å². The fourth-order valence-corrected chi connectivity index (χ4v) is 4.79. The highest BCUT2D eigenvalue weighted by molar-refractivity contribution is 7.22. The van der Waals surface area contributed by atoms with Gasteiger partial charge in [0.05, 0.1) is 16.8 Å². The highest BCUT2D eigenvalue weighted by atomic mass is 35.5. The van der Waals surface area contributed by atoms with Gasteiger partial charge in [-0.3, -0.25) is 9.69 Å². The van der Waals surface area contributed by atoms with Crippen molar-refractivity contribution < 1.29 is 4.79 Å². The van der Waals surface area contributed by atoms with Gasteiger partial charge < -0.3 is 0 Å². The standard InChI is InChI=1S/C21H21ClN2OS/c1-14-17(22)11-12-18-19(14)23-21(26-18)24(13-15-7-3-2-4-8-15)20(25)16-9-5-6-10-16/h2-4,7-8,11-12,16H,5-6,9-10,13H2,1H3. The van der Waals surface area contributed by atoms with Crippen LogP contribution in [0.25, 0.3) is 10.2 Å². The first-order valence-electron chi connectivity index (χ1n) is 9.04. The van der Waals surface area contributed by atoms with Crippen molar-refractivity contribution in [1.82, 2.24) is 4.98 Å². The van der Waals surface area contributed by atoms with Gasteiger partial charge in [0.1, 0.15) is 0 Å². The number of amides is 1. The Hall–Kier alpha value is -1.91. The Morgan fingerprint density at radius 2 is 1.92 bits per heavy atom. The second kappa shape index (κ2) is 7.37. The summed E-state index contributed by atoms with van der Waals surface area (Å²) in [6.45, 7) is 2.54. The number of nitrogens with zero attached hydrogens (tertiary/aromatic N) is 2. The third kappa shape index (κ3) is 3.36. The molecule has 1 aromatic heterocycles. The average Bonchev–Trinajstić information content (AvgIpc) is 3.33. The minimum absolute atomic E-state index is 0.121. The van der Waals surface area contributed by atoms with Gasteiger partial charge in [0.2, 0.25) is 5.91 Å². The summed E-state index contributed by atoms with van der Waals surface area (Å²) in [5.41, 5.74) is 2.99. The molecule has 0 atom stereocenters. The molecule has 1 aliphatic rings. The summed E-state index contributed by atoms with van der Waals surface area (Å²) in [7, 11) is 0. The number of aromatic nitrogens is 1. The molecular weight excluding hydrogens is 364 g/mol. The predicted molar refractivity (Wildman–Crippen MR) is 109 cm³/mol. The zero-order chi connectivity index (χ0) is 18.1. The number of anilines is 1. The van der Waals surface area contributed by atoms with E-state index in [0.717, 1.165) is 52.2 Å². The van der Waals surface area contributed by atoms with E-state index < -0.39 is 0 Å². The summed E-state index contributed by atoms with van der Waals surface area (Å²) in [5, 5.41) is 1.48. The summed E-state index contributed by atoms with van der Waals surface area (Å²) < 4.78 is 1.07. The molecule has 2 aromatic carbocycles. The molecule has 5 heteroatoms. The molecule has 1 heterocycles. The van der Waals surface area contributed by atoms with Gasteiger partial charge in [0.15, 0.2) is 5.13 Å². The van der Waals surface area contributed by atoms with Crippen LogP contribution in [-0.4, -0.2) is 10.9 Å². The fraction of sp³-hybridized carbons (Fsp3) is 0.333. The number of fused-ring (bicyclic) bond motifs is 1. The van der Waals surface area contributed by atoms with Crippen LogP contribution in [0.3, 0.4) is 0 Å². The SMILES string of the molecule is Cc1c(Cl)ccc2sc(N(Cc3ccccc3)C(=O)C3CCCC3)nc12. The number of aryl methyl sites for hydroxylation is 1. The Labute approximate surface area is 162 Å². The molecular formula is C21H21ClN2OS. The molecule has 0 radical (unpaired) electrons. The molecule has 26 heavy (non-hydrogen) atoms. The molecule has 3 aromatic rings. The van der Waals surface area contributed by atoms with Crippen LogP contribution in [0.5, 0.6) is 0 Å². The van der Waals surface area contributed by atoms with E-state index in [1.54, 1.807) is 11.3 Å². The summed E-state index contributed by atoms with van der Waals surface area (Å²) >= 11 is 7.83. The normalized spacial score (nSPS) is 14.8. The van der Waals surface area contributed by atoms with Gasteiger partial charge in [0.25, 0.3) is 0 Å². The number of hydrogen-bond donors (Lipinski definition) is 0. The first-order valence-corrected chi connectivity index (χ1v) is 10.2. The fourth-order valence-electron chi connectivity index (χ4n) is 3.60. The lowest BCUT2D eigenvalue weighted by Gasteiger charge is -2.23. The number of carbonyl (C=O) groups excluding carboxylic acids is 1. The molecule has 1 amide bonds. The van der Waals surface area contributed by atoms with Crippen molar-refractivity contribution in [3.8, 4) is 0 Å². The van der Waals surface area contributed by atoms with Gasteiger partial charge in [-0.15, -0.1) is 0 Å². The second-order valence-electron chi connectivity index (χ2n) is 6.91. The van der Waals surface area contributed by atoms with Crippen molar-refractivity contribution in [1.29, 1.82) is 0 Å². The summed E-state index contributed by atoms with van der Waals surface area (Å²) in [4.78, 5) is 19.9. The van der Waals surface area contributed by atoms with E-state index >= 15 is 0 Å². The van der Waals surface area contributed by atoms with Crippen molar-refractivity contribution in [2.75, 3.05) is 4.90 Å². The van der Waals surface area contributed by atoms with Crippen LogP contribution in [0.15, 0.2) is 42.5 Å². The average molecular weight is 385 g/mol. The van der Waals surface area contributed by atoms with Gasteiger partial charge in [-0.2, -0.15) is 0 Å². The Balaban J connectivity index is 1.74. The van der Waals surface area contributed by atoms with Crippen LogP contribution in [0.1, 0.15) is 36.8 Å². The third-order valence-corrected chi connectivity index (χ3v) is 6.57. The third-order valence-electron chi connectivity index (χ3n) is 5.12. The van der Waals surface area contributed by atoms with E-state index in [2.05, 4.69) is 12.1 Å². The van der Waals surface area contributed by atoms with Crippen LogP contribution in [0, 0.1) is 12.8 Å². The highest BCUT2D eigenvalue weighted by Gasteiger charge is 2.30. The molecule has 134 valence electrons. The Kier molecular flexibility index (Phi) is 4.96. The molecule has 4 rings (SSSR count). The minimum atomic E-state index is 0.121. The second-order valence-corrected chi connectivity index (χ2v) is 8.32. The van der Waals surface area contributed by atoms with E-state index in [0.29, 0.717) is 11.6 Å². The van der Waals surface area contributed by atoms with E-state index in [4.69, 9.17) is 16.6 Å². The van der Waals surface area contributed by atoms with Gasteiger partial charge in [-0.25, -0.2) is 4.98 Å². The van der Waals surface area contributed by atoms with Gasteiger partial charge in [-0.05, 0) is 43.0 Å². The maximum atomic E-state index is 13.2. The van der Waals surface area contributed by atoms with E-state index in [9.17, 15) is 4.79 Å². The zero-order valence-electron chi connectivity index (χ0n) is 14.7. The van der Waals surface area contributed by atoms with E-state index in [1.165, 1.54) is 0 Å². The van der Waals surface area contributed by atoms with Crippen molar-refractivity contribution in [2.24, 2.45) is 5.92 Å². The van der Waals surface area contributed by atoms with Crippen molar-refractivity contribution >= 4 is 44.2 Å². The Morgan fingerprint density at radius 3 is 2.65 bits per heavy atom. The lowest BCUT2D eigenvalue weighted by Crippen LogP contribution is -2.34. The maximum Gasteiger partial charge on any atom is 0.232 e. The molecule has 0 spiro atoms. The smallest absolute Gasteiger partial charge is 0.232 e. The van der Waals surface area contributed by atoms with Crippen LogP contribution in [0.4, 0.5) is 5.13 Å². The number of hydrogen-bond acceptors (Lipinski definition) is 3. The predicted octanol–water partition coefficient (Wildman–Crippen LogP) is 5.98. The Morgan fingerprint density at radius 1 is 1.19 bits per heavy atom. The first-order chi connectivity index (χ1) is 12.6. The summed E-state index contributed by atoms with van der Waals surface area (Å²) in [6.07, 6.45) is 4.26. The van der Waals surface area contributed by atoms with Gasteiger partial charge in [-0.1, -0.05) is 66.1 Å². The maximum absolute atomic E-state index is 13.2. The minimum Gasteiger partial charge on any atom is -0.283 e. The molecule has 1 aliphatic carbocycles. The molecule has 0 N–H and O–H groups in total. The van der Waals surface area contributed by atoms with Crippen LogP contribution in [0.2, 0.25) is 5.02 Å². The largest absolute Gasteiger partial charge is 0.283 e. The number of halogens is 1. The monoisotopic (exact) mass is 384 g/mol. The topological polar surface area (TPSA) is 33.2 Å². The van der Waals surface area contributed by atoms with E-state index in [1.807, 2.05) is 42.2 Å². The number of benzene rings is 2.